The second-order valence-corrected chi connectivity index (χ2v) is 6.20. The molecule has 0 aromatic carbocycles. The number of alkyl carbamates (subject to hydrolysis) is 1. The van der Waals surface area contributed by atoms with E-state index in [1.54, 1.807) is 6.92 Å². The highest BCUT2D eigenvalue weighted by molar-refractivity contribution is 7.58. The van der Waals surface area contributed by atoms with Crippen LogP contribution in [0.3, 0.4) is 0 Å². The largest absolute Gasteiger partial charge is 0.480 e. The molecule has 0 radical (unpaired) electrons. The van der Waals surface area contributed by atoms with Crippen molar-refractivity contribution < 1.29 is 28.5 Å². The Balaban J connectivity index is 4.32. The lowest BCUT2D eigenvalue weighted by Crippen LogP contribution is -2.41. The van der Waals surface area contributed by atoms with Crippen LogP contribution in [0, 0.1) is 0 Å². The predicted molar refractivity (Wildman–Crippen MR) is 61.6 cm³/mol. The van der Waals surface area contributed by atoms with Gasteiger partial charge >= 0.3 is 12.1 Å². The Morgan fingerprint density at radius 3 is 2.47 bits per heavy atom. The predicted octanol–water partition coefficient (Wildman–Crippen LogP) is 1.13. The molecule has 7 nitrogen and oxygen atoms in total. The molecule has 100 valence electrons. The molecule has 0 aliphatic carbocycles. The van der Waals surface area contributed by atoms with E-state index in [-0.39, 0.29) is 12.6 Å². The summed E-state index contributed by atoms with van der Waals surface area (Å²) in [5.41, 5.74) is 0. The van der Waals surface area contributed by atoms with Crippen molar-refractivity contribution in [1.29, 1.82) is 0 Å². The van der Waals surface area contributed by atoms with E-state index in [1.807, 2.05) is 0 Å². The minimum Gasteiger partial charge on any atom is -0.480 e. The van der Waals surface area contributed by atoms with Gasteiger partial charge in [0.15, 0.2) is 7.37 Å². The Morgan fingerprint density at radius 1 is 1.47 bits per heavy atom. The molecule has 8 heteroatoms. The summed E-state index contributed by atoms with van der Waals surface area (Å²) >= 11 is 0. The molecule has 0 heterocycles. The van der Waals surface area contributed by atoms with Gasteiger partial charge in [-0.3, -0.25) is 4.57 Å². The van der Waals surface area contributed by atoms with Crippen molar-refractivity contribution in [3.05, 3.63) is 0 Å². The molecular weight excluding hydrogens is 249 g/mol. The van der Waals surface area contributed by atoms with Gasteiger partial charge in [-0.05, 0) is 13.3 Å². The number of carbonyl (C=O) groups is 2. The normalized spacial score (nSPS) is 15.7. The van der Waals surface area contributed by atoms with Crippen molar-refractivity contribution in [3.63, 3.8) is 0 Å². The third-order valence-electron chi connectivity index (χ3n) is 2.00. The third-order valence-corrected chi connectivity index (χ3v) is 3.88. The summed E-state index contributed by atoms with van der Waals surface area (Å²) < 4.78 is 21.0. The van der Waals surface area contributed by atoms with Crippen LogP contribution in [0.4, 0.5) is 4.79 Å². The number of amides is 1. The lowest BCUT2D eigenvalue weighted by Gasteiger charge is -2.16. The number of aliphatic carboxylic acids is 1. The number of hydrogen-bond donors (Lipinski definition) is 2. The fourth-order valence-electron chi connectivity index (χ4n) is 1.16. The van der Waals surface area contributed by atoms with Gasteiger partial charge in [-0.2, -0.15) is 0 Å². The summed E-state index contributed by atoms with van der Waals surface area (Å²) in [6.07, 6.45) is -0.722. The van der Waals surface area contributed by atoms with Gasteiger partial charge in [-0.25, -0.2) is 9.59 Å². The maximum atomic E-state index is 11.7. The second kappa shape index (κ2) is 7.29. The molecule has 0 fully saturated rings. The standard InChI is InChI=1S/C9H18NO6P/c1-4-16-17(3,14)6-5-7(8(11)12)10-9(13)15-2/h7H,4-6H2,1-3H3,(H,10,13)(H,11,12). The van der Waals surface area contributed by atoms with Crippen LogP contribution in [0.1, 0.15) is 13.3 Å². The zero-order valence-electron chi connectivity index (χ0n) is 10.1. The number of carboxylic acid groups (broad SMARTS) is 1. The van der Waals surface area contributed by atoms with Crippen molar-refractivity contribution in [3.8, 4) is 0 Å². The van der Waals surface area contributed by atoms with E-state index in [9.17, 15) is 14.2 Å². The number of methoxy groups -OCH3 is 1. The van der Waals surface area contributed by atoms with E-state index in [1.165, 1.54) is 6.66 Å². The van der Waals surface area contributed by atoms with Gasteiger partial charge in [-0.15, -0.1) is 0 Å². The van der Waals surface area contributed by atoms with Gasteiger partial charge in [0, 0.05) is 12.8 Å². The molecular formula is C9H18NO6P. The number of carboxylic acids is 1. The van der Waals surface area contributed by atoms with Gasteiger partial charge in [0.05, 0.1) is 13.7 Å². The van der Waals surface area contributed by atoms with Crippen molar-refractivity contribution >= 4 is 19.4 Å². The maximum Gasteiger partial charge on any atom is 0.407 e. The van der Waals surface area contributed by atoms with Crippen LogP contribution in [0.2, 0.25) is 0 Å². The van der Waals surface area contributed by atoms with E-state index in [4.69, 9.17) is 9.63 Å². The molecule has 0 aliphatic heterocycles. The summed E-state index contributed by atoms with van der Waals surface area (Å²) in [4.78, 5) is 21.7. The second-order valence-electron chi connectivity index (χ2n) is 3.47. The van der Waals surface area contributed by atoms with Crippen LogP contribution in [0.15, 0.2) is 0 Å². The number of carbonyl (C=O) groups excluding carboxylic acids is 1. The molecule has 0 spiro atoms. The summed E-state index contributed by atoms with van der Waals surface area (Å²) in [5.74, 6) is -1.20. The van der Waals surface area contributed by atoms with Crippen LogP contribution in [-0.4, -0.2) is 49.8 Å². The lowest BCUT2D eigenvalue weighted by molar-refractivity contribution is -0.139. The first-order valence-corrected chi connectivity index (χ1v) is 7.36. The Kier molecular flexibility index (Phi) is 6.83. The third kappa shape index (κ3) is 6.97. The highest BCUT2D eigenvalue weighted by atomic mass is 31.2. The quantitative estimate of drug-likeness (QED) is 0.670. The Bertz CT molecular complexity index is 319. The highest BCUT2D eigenvalue weighted by Gasteiger charge is 2.24. The fraction of sp³-hybridized carbons (Fsp3) is 0.778. The van der Waals surface area contributed by atoms with E-state index >= 15 is 0 Å². The Morgan fingerprint density at radius 2 is 2.06 bits per heavy atom. The molecule has 0 aromatic heterocycles. The van der Waals surface area contributed by atoms with Crippen molar-refractivity contribution in [2.75, 3.05) is 26.5 Å². The average Bonchev–Trinajstić information content (AvgIpc) is 2.23. The molecule has 17 heavy (non-hydrogen) atoms. The number of rotatable bonds is 7. The molecule has 0 aromatic rings. The molecule has 0 saturated carbocycles. The first-order valence-electron chi connectivity index (χ1n) is 5.10. The van der Waals surface area contributed by atoms with Gasteiger partial charge in [0.1, 0.15) is 6.04 Å². The van der Waals surface area contributed by atoms with E-state index in [0.29, 0.717) is 6.61 Å². The minimum absolute atomic E-state index is 0.0260. The Labute approximate surface area is 99.9 Å². The molecule has 0 saturated heterocycles. The van der Waals surface area contributed by atoms with Crippen LogP contribution in [0.5, 0.6) is 0 Å². The summed E-state index contributed by atoms with van der Waals surface area (Å²) in [5, 5.41) is 11.0. The molecule has 0 aliphatic rings. The molecule has 1 amide bonds. The van der Waals surface area contributed by atoms with Crippen molar-refractivity contribution in [2.45, 2.75) is 19.4 Å². The van der Waals surface area contributed by atoms with Gasteiger partial charge in [0.25, 0.3) is 0 Å². The molecule has 2 unspecified atom stereocenters. The molecule has 0 rings (SSSR count). The average molecular weight is 267 g/mol. The molecule has 0 bridgehead atoms. The van der Waals surface area contributed by atoms with Crippen LogP contribution < -0.4 is 5.32 Å². The van der Waals surface area contributed by atoms with Gasteiger partial charge in [-0.1, -0.05) is 0 Å². The van der Waals surface area contributed by atoms with Crippen molar-refractivity contribution in [2.24, 2.45) is 0 Å². The van der Waals surface area contributed by atoms with Crippen LogP contribution >= 0.6 is 7.37 Å². The Hall–Kier alpha value is -1.07. The number of hydrogen-bond acceptors (Lipinski definition) is 5. The number of nitrogens with one attached hydrogen (secondary N) is 1. The first kappa shape index (κ1) is 15.9. The molecule has 2 atom stereocenters. The van der Waals surface area contributed by atoms with Gasteiger partial charge < -0.3 is 19.7 Å². The van der Waals surface area contributed by atoms with E-state index < -0.39 is 25.5 Å². The summed E-state index contributed by atoms with van der Waals surface area (Å²) in [6.45, 7) is 3.45. The summed E-state index contributed by atoms with van der Waals surface area (Å²) in [7, 11) is -1.66. The monoisotopic (exact) mass is 267 g/mol. The first-order chi connectivity index (χ1) is 7.82. The van der Waals surface area contributed by atoms with Crippen LogP contribution in [-0.2, 0) is 18.6 Å². The lowest BCUT2D eigenvalue weighted by atomic mass is 10.2. The van der Waals surface area contributed by atoms with Crippen molar-refractivity contribution in [1.82, 2.24) is 5.32 Å². The zero-order valence-corrected chi connectivity index (χ0v) is 11.0. The zero-order chi connectivity index (χ0) is 13.5. The molecule has 2 N–H and O–H groups in total. The minimum atomic E-state index is -2.79. The fourth-order valence-corrected chi connectivity index (χ4v) is 2.56. The SMILES string of the molecule is CCOP(C)(=O)CCC(NC(=O)OC)C(=O)O. The number of ether oxygens (including phenoxy) is 1. The smallest absolute Gasteiger partial charge is 0.407 e. The van der Waals surface area contributed by atoms with E-state index in [2.05, 4.69) is 10.1 Å². The summed E-state index contributed by atoms with van der Waals surface area (Å²) in [6, 6.07) is -1.13. The topological polar surface area (TPSA) is 102 Å². The van der Waals surface area contributed by atoms with Crippen LogP contribution in [0.25, 0.3) is 0 Å². The maximum absolute atomic E-state index is 11.7. The highest BCUT2D eigenvalue weighted by Crippen LogP contribution is 2.43. The van der Waals surface area contributed by atoms with Gasteiger partial charge in [0.2, 0.25) is 0 Å². The van der Waals surface area contributed by atoms with E-state index in [0.717, 1.165) is 7.11 Å².